The van der Waals surface area contributed by atoms with Crippen molar-refractivity contribution in [1.82, 2.24) is 0 Å². The monoisotopic (exact) mass is 334 g/mol. The molecule has 0 bridgehead atoms. The maximum atomic E-state index is 12.6. The molecule has 1 aromatic rings. The molecule has 134 valence electrons. The van der Waals surface area contributed by atoms with Gasteiger partial charge in [-0.15, -0.1) is 0 Å². The normalized spacial score (nSPS) is 12.2. The SMILES string of the molecule is CCCOC(=O)C(C(=O)OCCC)C(CC(C)C)c1ccccc1. The highest BCUT2D eigenvalue weighted by atomic mass is 16.6. The second kappa shape index (κ2) is 10.8. The highest BCUT2D eigenvalue weighted by Gasteiger charge is 2.38. The molecule has 0 aliphatic heterocycles. The van der Waals surface area contributed by atoms with Crippen molar-refractivity contribution in [1.29, 1.82) is 0 Å². The van der Waals surface area contributed by atoms with Crippen LogP contribution in [0.15, 0.2) is 30.3 Å². The van der Waals surface area contributed by atoms with Gasteiger partial charge in [0.05, 0.1) is 13.2 Å². The van der Waals surface area contributed by atoms with Crippen molar-refractivity contribution in [2.45, 2.75) is 52.9 Å². The van der Waals surface area contributed by atoms with E-state index in [1.165, 1.54) is 0 Å². The number of hydrogen-bond donors (Lipinski definition) is 0. The molecule has 0 N–H and O–H groups in total. The van der Waals surface area contributed by atoms with E-state index in [2.05, 4.69) is 13.8 Å². The van der Waals surface area contributed by atoms with Crippen LogP contribution in [0.1, 0.15) is 58.4 Å². The maximum absolute atomic E-state index is 12.6. The minimum Gasteiger partial charge on any atom is -0.465 e. The van der Waals surface area contributed by atoms with E-state index in [1.807, 2.05) is 44.2 Å². The predicted octanol–water partition coefficient (Wildman–Crippen LogP) is 4.34. The van der Waals surface area contributed by atoms with E-state index in [0.717, 1.165) is 24.8 Å². The topological polar surface area (TPSA) is 52.6 Å². The lowest BCUT2D eigenvalue weighted by Crippen LogP contribution is -2.34. The molecule has 0 fully saturated rings. The molecule has 0 aliphatic rings. The number of esters is 2. The molecule has 0 radical (unpaired) electrons. The van der Waals surface area contributed by atoms with Gasteiger partial charge in [-0.25, -0.2) is 0 Å². The Kier molecular flexibility index (Phi) is 9.13. The molecule has 1 atom stereocenters. The van der Waals surface area contributed by atoms with E-state index < -0.39 is 17.9 Å². The Morgan fingerprint density at radius 3 is 1.83 bits per heavy atom. The Hall–Kier alpha value is -1.84. The first-order chi connectivity index (χ1) is 11.5. The van der Waals surface area contributed by atoms with Gasteiger partial charge >= 0.3 is 11.9 Å². The van der Waals surface area contributed by atoms with Crippen molar-refractivity contribution in [2.75, 3.05) is 13.2 Å². The number of ether oxygens (including phenoxy) is 2. The number of carbonyl (C=O) groups excluding carboxylic acids is 2. The molecule has 24 heavy (non-hydrogen) atoms. The first-order valence-corrected chi connectivity index (χ1v) is 8.89. The molecular weight excluding hydrogens is 304 g/mol. The first kappa shape index (κ1) is 20.2. The first-order valence-electron chi connectivity index (χ1n) is 8.89. The van der Waals surface area contributed by atoms with Gasteiger partial charge in [0.2, 0.25) is 0 Å². The second-order valence-electron chi connectivity index (χ2n) is 6.46. The van der Waals surface area contributed by atoms with E-state index in [0.29, 0.717) is 19.1 Å². The van der Waals surface area contributed by atoms with Crippen LogP contribution in [0.25, 0.3) is 0 Å². The zero-order valence-corrected chi connectivity index (χ0v) is 15.3. The van der Waals surface area contributed by atoms with Crippen LogP contribution in [0.4, 0.5) is 0 Å². The summed E-state index contributed by atoms with van der Waals surface area (Å²) in [5.74, 6) is -1.76. The van der Waals surface area contributed by atoms with Gasteiger partial charge in [0.25, 0.3) is 0 Å². The van der Waals surface area contributed by atoms with Crippen LogP contribution < -0.4 is 0 Å². The van der Waals surface area contributed by atoms with Crippen molar-refractivity contribution in [2.24, 2.45) is 11.8 Å². The summed E-state index contributed by atoms with van der Waals surface area (Å²) in [5, 5.41) is 0. The minimum atomic E-state index is -0.909. The summed E-state index contributed by atoms with van der Waals surface area (Å²) in [6.45, 7) is 8.67. The van der Waals surface area contributed by atoms with Crippen molar-refractivity contribution in [3.63, 3.8) is 0 Å². The molecular formula is C20H30O4. The van der Waals surface area contributed by atoms with E-state index >= 15 is 0 Å². The van der Waals surface area contributed by atoms with Crippen LogP contribution in [-0.4, -0.2) is 25.2 Å². The molecule has 4 nitrogen and oxygen atoms in total. The Morgan fingerprint density at radius 2 is 1.42 bits per heavy atom. The van der Waals surface area contributed by atoms with Crippen LogP contribution in [0.2, 0.25) is 0 Å². The summed E-state index contributed by atoms with van der Waals surface area (Å²) in [5.41, 5.74) is 0.970. The molecule has 1 aromatic carbocycles. The van der Waals surface area contributed by atoms with Gasteiger partial charge in [0.1, 0.15) is 0 Å². The molecule has 1 rings (SSSR count). The van der Waals surface area contributed by atoms with E-state index in [-0.39, 0.29) is 5.92 Å². The van der Waals surface area contributed by atoms with Crippen molar-refractivity contribution >= 4 is 11.9 Å². The molecule has 0 aliphatic carbocycles. The fourth-order valence-electron chi connectivity index (χ4n) is 2.68. The number of benzene rings is 1. The lowest BCUT2D eigenvalue weighted by molar-refractivity contribution is -0.163. The quantitative estimate of drug-likeness (QED) is 0.472. The molecule has 0 saturated heterocycles. The van der Waals surface area contributed by atoms with Crippen LogP contribution in [0, 0.1) is 11.8 Å². The summed E-state index contributed by atoms with van der Waals surface area (Å²) < 4.78 is 10.6. The van der Waals surface area contributed by atoms with Gasteiger partial charge in [-0.3, -0.25) is 9.59 Å². The number of carbonyl (C=O) groups is 2. The van der Waals surface area contributed by atoms with Gasteiger partial charge in [-0.1, -0.05) is 58.0 Å². The largest absolute Gasteiger partial charge is 0.465 e. The van der Waals surface area contributed by atoms with Gasteiger partial charge in [0, 0.05) is 5.92 Å². The van der Waals surface area contributed by atoms with E-state index in [9.17, 15) is 9.59 Å². The van der Waals surface area contributed by atoms with Crippen LogP contribution in [-0.2, 0) is 19.1 Å². The number of hydrogen-bond acceptors (Lipinski definition) is 4. The van der Waals surface area contributed by atoms with E-state index in [1.54, 1.807) is 0 Å². The van der Waals surface area contributed by atoms with Crippen molar-refractivity contribution in [3.05, 3.63) is 35.9 Å². The van der Waals surface area contributed by atoms with Crippen molar-refractivity contribution < 1.29 is 19.1 Å². The molecule has 1 unspecified atom stereocenters. The summed E-state index contributed by atoms with van der Waals surface area (Å²) >= 11 is 0. The lowest BCUT2D eigenvalue weighted by Gasteiger charge is -2.26. The smallest absolute Gasteiger partial charge is 0.320 e. The van der Waals surface area contributed by atoms with E-state index in [4.69, 9.17) is 9.47 Å². The maximum Gasteiger partial charge on any atom is 0.320 e. The molecule has 0 amide bonds. The second-order valence-corrected chi connectivity index (χ2v) is 6.46. The molecule has 4 heteroatoms. The van der Waals surface area contributed by atoms with Crippen molar-refractivity contribution in [3.8, 4) is 0 Å². The van der Waals surface area contributed by atoms with Crippen LogP contribution in [0.3, 0.4) is 0 Å². The zero-order valence-electron chi connectivity index (χ0n) is 15.3. The van der Waals surface area contributed by atoms with Gasteiger partial charge in [-0.2, -0.15) is 0 Å². The number of rotatable bonds is 10. The standard InChI is InChI=1S/C20H30O4/c1-5-12-23-19(21)18(20(22)24-13-6-2)17(14-15(3)4)16-10-8-7-9-11-16/h7-11,15,17-18H,5-6,12-14H2,1-4H3. The average molecular weight is 334 g/mol. The fourth-order valence-corrected chi connectivity index (χ4v) is 2.68. The Bertz CT molecular complexity index is 476. The Morgan fingerprint density at radius 1 is 0.917 bits per heavy atom. The highest BCUT2D eigenvalue weighted by molar-refractivity contribution is 5.96. The third-order valence-electron chi connectivity index (χ3n) is 3.76. The summed E-state index contributed by atoms with van der Waals surface area (Å²) in [6, 6.07) is 9.69. The summed E-state index contributed by atoms with van der Waals surface area (Å²) in [4.78, 5) is 25.2. The molecule has 0 spiro atoms. The Balaban J connectivity index is 3.12. The third-order valence-corrected chi connectivity index (χ3v) is 3.76. The predicted molar refractivity (Wildman–Crippen MR) is 94.6 cm³/mol. The van der Waals surface area contributed by atoms with Gasteiger partial charge < -0.3 is 9.47 Å². The van der Waals surface area contributed by atoms with Gasteiger partial charge in [-0.05, 0) is 30.7 Å². The van der Waals surface area contributed by atoms with Crippen LogP contribution >= 0.6 is 0 Å². The molecule has 0 aromatic heterocycles. The summed E-state index contributed by atoms with van der Waals surface area (Å²) in [6.07, 6.45) is 2.17. The lowest BCUT2D eigenvalue weighted by atomic mass is 9.80. The highest BCUT2D eigenvalue weighted by Crippen LogP contribution is 2.33. The molecule has 0 saturated carbocycles. The zero-order chi connectivity index (χ0) is 17.9. The minimum absolute atomic E-state index is 0.236. The summed E-state index contributed by atoms with van der Waals surface area (Å²) in [7, 11) is 0. The van der Waals surface area contributed by atoms with Gasteiger partial charge in [0.15, 0.2) is 5.92 Å². The molecule has 0 heterocycles. The van der Waals surface area contributed by atoms with Crippen LogP contribution in [0.5, 0.6) is 0 Å². The Labute approximate surface area is 145 Å². The average Bonchev–Trinajstić information content (AvgIpc) is 2.57. The fraction of sp³-hybridized carbons (Fsp3) is 0.600. The third kappa shape index (κ3) is 6.34.